The van der Waals surface area contributed by atoms with Crippen LogP contribution in [-0.4, -0.2) is 38.5 Å². The van der Waals surface area contributed by atoms with Crippen molar-refractivity contribution < 1.29 is 24.2 Å². The van der Waals surface area contributed by atoms with E-state index >= 15 is 0 Å². The predicted molar refractivity (Wildman–Crippen MR) is 63.5 cm³/mol. The van der Waals surface area contributed by atoms with Crippen molar-refractivity contribution in [2.24, 2.45) is 0 Å². The van der Waals surface area contributed by atoms with Crippen LogP contribution in [-0.2, 0) is 14.3 Å². The number of carbonyl (C=O) groups excluding carboxylic acids is 2. The van der Waals surface area contributed by atoms with Crippen molar-refractivity contribution in [3.05, 3.63) is 18.1 Å². The van der Waals surface area contributed by atoms with Gasteiger partial charge in [0.05, 0.1) is 0 Å². The minimum atomic E-state index is -1.37. The Labute approximate surface area is 108 Å². The van der Waals surface area contributed by atoms with Crippen molar-refractivity contribution in [2.45, 2.75) is 26.4 Å². The van der Waals surface area contributed by atoms with Crippen LogP contribution in [0.4, 0.5) is 5.82 Å². The van der Waals surface area contributed by atoms with E-state index in [9.17, 15) is 14.4 Å². The van der Waals surface area contributed by atoms with Crippen LogP contribution in [0.3, 0.4) is 0 Å². The number of ether oxygens (including phenoxy) is 1. The van der Waals surface area contributed by atoms with Gasteiger partial charge in [-0.3, -0.25) is 10.1 Å². The smallest absolute Gasteiger partial charge is 0.397 e. The Balaban J connectivity index is 2.83. The summed E-state index contributed by atoms with van der Waals surface area (Å²) in [4.78, 5) is 40.9. The number of anilines is 1. The van der Waals surface area contributed by atoms with Gasteiger partial charge in [-0.25, -0.2) is 19.6 Å². The fourth-order valence-electron chi connectivity index (χ4n) is 1.07. The molecule has 0 spiro atoms. The van der Waals surface area contributed by atoms with Gasteiger partial charge < -0.3 is 9.84 Å². The molecule has 2 N–H and O–H groups in total. The lowest BCUT2D eigenvalue weighted by Crippen LogP contribution is -2.33. The van der Waals surface area contributed by atoms with Crippen LogP contribution in [0.1, 0.15) is 31.3 Å². The second-order valence-electron chi connectivity index (χ2n) is 4.51. The largest absolute Gasteiger partial charge is 0.476 e. The van der Waals surface area contributed by atoms with Crippen LogP contribution in [0.2, 0.25) is 0 Å². The molecule has 0 aromatic carbocycles. The molecule has 8 heteroatoms. The van der Waals surface area contributed by atoms with E-state index in [2.05, 4.69) is 9.97 Å². The summed E-state index contributed by atoms with van der Waals surface area (Å²) in [6, 6.07) is 0. The maximum atomic E-state index is 11.5. The van der Waals surface area contributed by atoms with Gasteiger partial charge in [-0.2, -0.15) is 0 Å². The molecule has 102 valence electrons. The Morgan fingerprint density at radius 1 is 1.21 bits per heavy atom. The number of carboxylic acid groups (broad SMARTS) is 1. The van der Waals surface area contributed by atoms with Crippen molar-refractivity contribution >= 4 is 23.7 Å². The van der Waals surface area contributed by atoms with E-state index in [1.807, 2.05) is 5.32 Å². The number of nitrogens with zero attached hydrogens (tertiary/aromatic N) is 2. The Morgan fingerprint density at radius 3 is 2.32 bits per heavy atom. The van der Waals surface area contributed by atoms with Gasteiger partial charge in [0.2, 0.25) is 0 Å². The van der Waals surface area contributed by atoms with Crippen LogP contribution in [0.25, 0.3) is 0 Å². The van der Waals surface area contributed by atoms with Gasteiger partial charge in [0.1, 0.15) is 5.60 Å². The second kappa shape index (κ2) is 5.42. The quantitative estimate of drug-likeness (QED) is 0.590. The van der Waals surface area contributed by atoms with Crippen molar-refractivity contribution in [1.82, 2.24) is 9.97 Å². The minimum absolute atomic E-state index is 0.314. The number of hydrogen-bond donors (Lipinski definition) is 2. The number of rotatable bonds is 2. The highest BCUT2D eigenvalue weighted by Gasteiger charge is 2.25. The zero-order valence-electron chi connectivity index (χ0n) is 10.6. The molecular formula is C11H13N3O5. The van der Waals surface area contributed by atoms with Gasteiger partial charge in [-0.1, -0.05) is 0 Å². The molecule has 1 rings (SSSR count). The van der Waals surface area contributed by atoms with E-state index in [4.69, 9.17) is 9.84 Å². The van der Waals surface area contributed by atoms with Crippen molar-refractivity contribution in [2.75, 3.05) is 5.32 Å². The second-order valence-corrected chi connectivity index (χ2v) is 4.51. The third kappa shape index (κ3) is 4.34. The van der Waals surface area contributed by atoms with Crippen molar-refractivity contribution in [1.29, 1.82) is 0 Å². The van der Waals surface area contributed by atoms with Gasteiger partial charge >= 0.3 is 17.8 Å². The van der Waals surface area contributed by atoms with Crippen LogP contribution in [0, 0.1) is 0 Å². The topological polar surface area (TPSA) is 118 Å². The Kier molecular flexibility index (Phi) is 4.15. The molecule has 0 aliphatic rings. The van der Waals surface area contributed by atoms with Gasteiger partial charge in [-0.05, 0) is 20.8 Å². The molecule has 0 atom stereocenters. The minimum Gasteiger partial charge on any atom is -0.476 e. The highest BCUT2D eigenvalue weighted by Crippen LogP contribution is 2.10. The molecule has 0 aliphatic heterocycles. The van der Waals surface area contributed by atoms with Gasteiger partial charge in [0.15, 0.2) is 11.5 Å². The van der Waals surface area contributed by atoms with E-state index < -0.39 is 29.1 Å². The Morgan fingerprint density at radius 2 is 1.79 bits per heavy atom. The van der Waals surface area contributed by atoms with Crippen LogP contribution in [0.5, 0.6) is 0 Å². The first kappa shape index (κ1) is 14.6. The molecule has 0 saturated carbocycles. The lowest BCUT2D eigenvalue weighted by atomic mass is 10.2. The van der Waals surface area contributed by atoms with Crippen LogP contribution < -0.4 is 5.32 Å². The normalized spacial score (nSPS) is 10.7. The lowest BCUT2D eigenvalue weighted by Gasteiger charge is -2.18. The molecule has 0 unspecified atom stereocenters. The van der Waals surface area contributed by atoms with E-state index in [-0.39, 0.29) is 5.82 Å². The first-order chi connectivity index (χ1) is 8.70. The third-order valence-electron chi connectivity index (χ3n) is 1.72. The molecule has 0 radical (unpaired) electrons. The van der Waals surface area contributed by atoms with Gasteiger partial charge in [0, 0.05) is 12.4 Å². The summed E-state index contributed by atoms with van der Waals surface area (Å²) in [7, 11) is 0. The fourth-order valence-corrected chi connectivity index (χ4v) is 1.07. The average molecular weight is 267 g/mol. The molecule has 0 saturated heterocycles. The number of aromatic carboxylic acids is 1. The number of nitrogens with one attached hydrogen (secondary N) is 1. The molecule has 1 aromatic rings. The Hall–Kier alpha value is -2.51. The molecule has 1 aromatic heterocycles. The van der Waals surface area contributed by atoms with E-state index in [1.165, 1.54) is 6.20 Å². The summed E-state index contributed by atoms with van der Waals surface area (Å²) >= 11 is 0. The summed E-state index contributed by atoms with van der Waals surface area (Å²) in [5.41, 5.74) is -1.29. The number of esters is 1. The van der Waals surface area contributed by atoms with Crippen LogP contribution >= 0.6 is 0 Å². The zero-order chi connectivity index (χ0) is 14.6. The molecule has 0 bridgehead atoms. The number of amides is 1. The van der Waals surface area contributed by atoms with Gasteiger partial charge in [0.25, 0.3) is 0 Å². The molecular weight excluding hydrogens is 254 g/mol. The molecule has 1 heterocycles. The zero-order valence-corrected chi connectivity index (χ0v) is 10.6. The lowest BCUT2D eigenvalue weighted by molar-refractivity contribution is -0.161. The summed E-state index contributed by atoms with van der Waals surface area (Å²) in [6.07, 6.45) is 2.35. The monoisotopic (exact) mass is 267 g/mol. The summed E-state index contributed by atoms with van der Waals surface area (Å²) in [6.45, 7) is 4.80. The third-order valence-corrected chi connectivity index (χ3v) is 1.72. The Bertz CT molecular complexity index is 521. The molecule has 8 nitrogen and oxygen atoms in total. The molecule has 19 heavy (non-hydrogen) atoms. The van der Waals surface area contributed by atoms with E-state index in [1.54, 1.807) is 20.8 Å². The highest BCUT2D eigenvalue weighted by atomic mass is 16.6. The first-order valence-electron chi connectivity index (χ1n) is 5.29. The summed E-state index contributed by atoms with van der Waals surface area (Å²) in [5, 5.41) is 10.9. The predicted octanol–water partition coefficient (Wildman–Crippen LogP) is 0.455. The van der Waals surface area contributed by atoms with E-state index in [0.717, 1.165) is 6.20 Å². The maximum absolute atomic E-state index is 11.5. The van der Waals surface area contributed by atoms with Crippen LogP contribution in [0.15, 0.2) is 12.4 Å². The molecule has 1 amide bonds. The SMILES string of the molecule is CC(C)(C)OC(=O)C(=O)Nc1nccnc1C(=O)O. The van der Waals surface area contributed by atoms with Gasteiger partial charge in [-0.15, -0.1) is 0 Å². The molecule has 0 aliphatic carbocycles. The summed E-state index contributed by atoms with van der Waals surface area (Å²) in [5.74, 6) is -3.93. The number of aromatic nitrogens is 2. The van der Waals surface area contributed by atoms with Crippen molar-refractivity contribution in [3.63, 3.8) is 0 Å². The van der Waals surface area contributed by atoms with Crippen molar-refractivity contribution in [3.8, 4) is 0 Å². The standard InChI is InChI=1S/C11H13N3O5/c1-11(2,3)19-10(18)8(15)14-7-6(9(16)17)12-4-5-13-7/h4-5H,1-3H3,(H,16,17)(H,13,14,15). The number of hydrogen-bond acceptors (Lipinski definition) is 6. The van der Waals surface area contributed by atoms with E-state index in [0.29, 0.717) is 0 Å². The number of carboxylic acids is 1. The molecule has 0 fully saturated rings. The average Bonchev–Trinajstić information content (AvgIpc) is 2.27. The highest BCUT2D eigenvalue weighted by molar-refractivity contribution is 6.37. The maximum Gasteiger partial charge on any atom is 0.397 e. The first-order valence-corrected chi connectivity index (χ1v) is 5.29. The summed E-state index contributed by atoms with van der Waals surface area (Å²) < 4.78 is 4.83. The number of carbonyl (C=O) groups is 3. The fraction of sp³-hybridized carbons (Fsp3) is 0.364.